The molecule has 26 heavy (non-hydrogen) atoms. The molecule has 2 heterocycles. The number of amides is 1. The van der Waals surface area contributed by atoms with Gasteiger partial charge in [-0.1, -0.05) is 54.1 Å². The van der Waals surface area contributed by atoms with Crippen molar-refractivity contribution in [3.05, 3.63) is 94.8 Å². The van der Waals surface area contributed by atoms with Gasteiger partial charge in [0.1, 0.15) is 5.69 Å². The average molecular weight is 365 g/mol. The second kappa shape index (κ2) is 7.10. The van der Waals surface area contributed by atoms with Crippen LogP contribution < -0.4 is 5.32 Å². The van der Waals surface area contributed by atoms with Crippen LogP contribution in [0.3, 0.4) is 0 Å². The molecule has 0 saturated carbocycles. The minimum atomic E-state index is -0.137. The zero-order valence-corrected chi connectivity index (χ0v) is 14.7. The summed E-state index contributed by atoms with van der Waals surface area (Å²) < 4.78 is 7.44. The molecule has 2 aromatic carbocycles. The van der Waals surface area contributed by atoms with E-state index in [9.17, 15) is 4.79 Å². The summed E-state index contributed by atoms with van der Waals surface area (Å²) in [6.07, 6.45) is 1.63. The topological polar surface area (TPSA) is 47.2 Å². The monoisotopic (exact) mass is 364 g/mol. The summed E-state index contributed by atoms with van der Waals surface area (Å²) in [5, 5.41) is 3.65. The normalized spacial score (nSPS) is 11.0. The Balaban J connectivity index is 1.62. The van der Waals surface area contributed by atoms with Crippen LogP contribution in [0, 0.1) is 0 Å². The molecule has 0 saturated heterocycles. The van der Waals surface area contributed by atoms with Gasteiger partial charge >= 0.3 is 0 Å². The number of carbonyl (C=O) groups is 1. The Morgan fingerprint density at radius 1 is 1.00 bits per heavy atom. The number of rotatable bonds is 5. The zero-order valence-electron chi connectivity index (χ0n) is 14.0. The van der Waals surface area contributed by atoms with Crippen molar-refractivity contribution in [1.29, 1.82) is 0 Å². The molecule has 1 amide bonds. The van der Waals surface area contributed by atoms with Gasteiger partial charge in [0.15, 0.2) is 5.58 Å². The fourth-order valence-corrected chi connectivity index (χ4v) is 3.24. The van der Waals surface area contributed by atoms with E-state index in [0.29, 0.717) is 29.4 Å². The summed E-state index contributed by atoms with van der Waals surface area (Å²) in [5.41, 5.74) is 4.22. The summed E-state index contributed by atoms with van der Waals surface area (Å²) in [4.78, 5) is 12.8. The van der Waals surface area contributed by atoms with Crippen molar-refractivity contribution < 1.29 is 9.21 Å². The summed E-state index contributed by atoms with van der Waals surface area (Å²) in [6, 6.07) is 21.1. The number of aromatic nitrogens is 1. The third-order valence-electron chi connectivity index (χ3n) is 4.28. The van der Waals surface area contributed by atoms with E-state index in [1.807, 2.05) is 65.2 Å². The van der Waals surface area contributed by atoms with Crippen LogP contribution in [0.2, 0.25) is 5.02 Å². The number of carbonyl (C=O) groups excluding carboxylic acids is 1. The van der Waals surface area contributed by atoms with Gasteiger partial charge in [-0.25, -0.2) is 0 Å². The predicted molar refractivity (Wildman–Crippen MR) is 102 cm³/mol. The van der Waals surface area contributed by atoms with Crippen molar-refractivity contribution >= 4 is 28.6 Å². The summed E-state index contributed by atoms with van der Waals surface area (Å²) >= 11 is 6.09. The Morgan fingerprint density at radius 3 is 2.62 bits per heavy atom. The highest BCUT2D eigenvalue weighted by Gasteiger charge is 2.17. The highest BCUT2D eigenvalue weighted by Crippen LogP contribution is 2.23. The number of benzene rings is 2. The van der Waals surface area contributed by atoms with Crippen molar-refractivity contribution in [3.8, 4) is 0 Å². The minimum absolute atomic E-state index is 0.137. The third-order valence-corrected chi connectivity index (χ3v) is 4.52. The van der Waals surface area contributed by atoms with Gasteiger partial charge < -0.3 is 14.3 Å². The van der Waals surface area contributed by atoms with Gasteiger partial charge in [0.2, 0.25) is 0 Å². The van der Waals surface area contributed by atoms with Crippen LogP contribution in [0.4, 0.5) is 0 Å². The summed E-state index contributed by atoms with van der Waals surface area (Å²) in [7, 11) is 0. The van der Waals surface area contributed by atoms with E-state index in [0.717, 1.165) is 16.6 Å². The maximum atomic E-state index is 12.8. The van der Waals surface area contributed by atoms with Crippen LogP contribution in [-0.2, 0) is 13.1 Å². The van der Waals surface area contributed by atoms with Crippen molar-refractivity contribution in [2.24, 2.45) is 0 Å². The highest BCUT2D eigenvalue weighted by atomic mass is 35.5. The fraction of sp³-hybridized carbons (Fsp3) is 0.0952. The molecular formula is C21H17ClN2O2. The Hall–Kier alpha value is -2.98. The van der Waals surface area contributed by atoms with E-state index < -0.39 is 0 Å². The van der Waals surface area contributed by atoms with Crippen LogP contribution in [-0.4, -0.2) is 10.5 Å². The van der Waals surface area contributed by atoms with Gasteiger partial charge in [-0.15, -0.1) is 0 Å². The minimum Gasteiger partial charge on any atom is -0.463 e. The third kappa shape index (κ3) is 3.37. The Morgan fingerprint density at radius 2 is 1.81 bits per heavy atom. The molecule has 4 nitrogen and oxygen atoms in total. The van der Waals surface area contributed by atoms with Crippen molar-refractivity contribution in [1.82, 2.24) is 9.88 Å². The number of hydrogen-bond donors (Lipinski definition) is 1. The van der Waals surface area contributed by atoms with Gasteiger partial charge in [0.25, 0.3) is 5.91 Å². The molecule has 0 radical (unpaired) electrons. The van der Waals surface area contributed by atoms with E-state index in [-0.39, 0.29) is 5.91 Å². The van der Waals surface area contributed by atoms with E-state index in [4.69, 9.17) is 16.0 Å². The zero-order chi connectivity index (χ0) is 17.9. The molecule has 4 aromatic rings. The molecule has 5 heteroatoms. The Labute approximate surface area is 156 Å². The number of furan rings is 1. The number of nitrogens with one attached hydrogen (secondary N) is 1. The highest BCUT2D eigenvalue weighted by molar-refractivity contribution is 6.30. The Bertz CT molecular complexity index is 1050. The fourth-order valence-electron chi connectivity index (χ4n) is 3.02. The molecule has 4 rings (SSSR count). The first-order valence-corrected chi connectivity index (χ1v) is 8.72. The lowest BCUT2D eigenvalue weighted by atomic mass is 10.2. The molecule has 0 aliphatic rings. The lowest BCUT2D eigenvalue weighted by Gasteiger charge is -2.11. The average Bonchev–Trinajstić information content (AvgIpc) is 3.23. The van der Waals surface area contributed by atoms with Gasteiger partial charge in [-0.05, 0) is 23.3 Å². The first-order valence-electron chi connectivity index (χ1n) is 8.34. The van der Waals surface area contributed by atoms with Crippen LogP contribution in [0.5, 0.6) is 0 Å². The van der Waals surface area contributed by atoms with E-state index in [1.54, 1.807) is 12.3 Å². The maximum absolute atomic E-state index is 12.8. The molecule has 130 valence electrons. The van der Waals surface area contributed by atoms with E-state index in [1.165, 1.54) is 0 Å². The Kier molecular flexibility index (Phi) is 4.50. The van der Waals surface area contributed by atoms with Crippen molar-refractivity contribution in [3.63, 3.8) is 0 Å². The van der Waals surface area contributed by atoms with Crippen LogP contribution in [0.1, 0.15) is 21.6 Å². The molecule has 0 aliphatic heterocycles. The summed E-state index contributed by atoms with van der Waals surface area (Å²) in [5.74, 6) is -0.137. The first-order chi connectivity index (χ1) is 12.7. The van der Waals surface area contributed by atoms with Gasteiger partial charge in [0, 0.05) is 30.2 Å². The number of halogens is 1. The van der Waals surface area contributed by atoms with Crippen LogP contribution >= 0.6 is 11.6 Å². The smallest absolute Gasteiger partial charge is 0.268 e. The molecule has 2 aromatic heterocycles. The number of nitrogens with zero attached hydrogens (tertiary/aromatic N) is 1. The van der Waals surface area contributed by atoms with Crippen molar-refractivity contribution in [2.45, 2.75) is 13.1 Å². The lowest BCUT2D eigenvalue weighted by Crippen LogP contribution is -2.25. The van der Waals surface area contributed by atoms with E-state index >= 15 is 0 Å². The van der Waals surface area contributed by atoms with Gasteiger partial charge in [-0.2, -0.15) is 0 Å². The van der Waals surface area contributed by atoms with Crippen molar-refractivity contribution in [2.75, 3.05) is 0 Å². The van der Waals surface area contributed by atoms with E-state index in [2.05, 4.69) is 5.32 Å². The SMILES string of the molecule is O=C(NCc1ccccc1)c1cc2occc2n1Cc1cccc(Cl)c1. The summed E-state index contributed by atoms with van der Waals surface area (Å²) in [6.45, 7) is 1.01. The number of fused-ring (bicyclic) bond motifs is 1. The molecule has 1 N–H and O–H groups in total. The predicted octanol–water partition coefficient (Wildman–Crippen LogP) is 4.87. The standard InChI is InChI=1S/C21H17ClN2O2/c22-17-8-4-7-16(11-17)14-24-18-9-10-26-20(18)12-19(24)21(25)23-13-15-5-2-1-3-6-15/h1-12H,13-14H2,(H,23,25). The molecule has 0 unspecified atom stereocenters. The maximum Gasteiger partial charge on any atom is 0.268 e. The van der Waals surface area contributed by atoms with Crippen LogP contribution in [0.25, 0.3) is 11.1 Å². The van der Waals surface area contributed by atoms with Gasteiger partial charge in [-0.3, -0.25) is 4.79 Å². The largest absolute Gasteiger partial charge is 0.463 e. The molecule has 0 bridgehead atoms. The second-order valence-electron chi connectivity index (χ2n) is 6.08. The molecule has 0 fully saturated rings. The van der Waals surface area contributed by atoms with Gasteiger partial charge in [0.05, 0.1) is 11.8 Å². The molecular weight excluding hydrogens is 348 g/mol. The molecule has 0 aliphatic carbocycles. The molecule has 0 atom stereocenters. The number of hydrogen-bond acceptors (Lipinski definition) is 2. The van der Waals surface area contributed by atoms with Crippen LogP contribution in [0.15, 0.2) is 77.4 Å². The quantitative estimate of drug-likeness (QED) is 0.549. The second-order valence-corrected chi connectivity index (χ2v) is 6.52. The molecule has 0 spiro atoms. The first kappa shape index (κ1) is 16.5. The lowest BCUT2D eigenvalue weighted by molar-refractivity contribution is 0.0942.